The van der Waals surface area contributed by atoms with Gasteiger partial charge in [0.25, 0.3) is 0 Å². The van der Waals surface area contributed by atoms with E-state index in [0.29, 0.717) is 30.6 Å². The van der Waals surface area contributed by atoms with Crippen LogP contribution < -0.4 is 5.73 Å². The Morgan fingerprint density at radius 3 is 2.89 bits per heavy atom. The van der Waals surface area contributed by atoms with E-state index in [2.05, 4.69) is 15.1 Å². The second-order valence-electron chi connectivity index (χ2n) is 5.13. The minimum absolute atomic E-state index is 0.133. The van der Waals surface area contributed by atoms with Crippen LogP contribution in [0, 0.1) is 6.92 Å². The smallest absolute Gasteiger partial charge is 0.236 e. The maximum absolute atomic E-state index is 6.05. The lowest BCUT2D eigenvalue weighted by Crippen LogP contribution is -2.42. The Bertz CT molecular complexity index is 598. The molecule has 6 heteroatoms. The lowest BCUT2D eigenvalue weighted by Gasteiger charge is -2.21. The fraction of sp³-hybridized carbons (Fsp3) is 0.462. The molecule has 0 spiro atoms. The van der Waals surface area contributed by atoms with Crippen molar-refractivity contribution in [3.63, 3.8) is 0 Å². The van der Waals surface area contributed by atoms with Gasteiger partial charge >= 0.3 is 0 Å². The Morgan fingerprint density at radius 2 is 2.21 bits per heavy atom. The molecule has 2 unspecified atom stereocenters. The molecule has 0 aromatic carbocycles. The molecule has 1 aliphatic rings. The third-order valence-corrected chi connectivity index (χ3v) is 3.55. The Labute approximate surface area is 111 Å². The SMILES string of the molecule is Cc1cccc(-c2noc(C3(C)COCC3N)n2)n1. The largest absolute Gasteiger partial charge is 0.379 e. The summed E-state index contributed by atoms with van der Waals surface area (Å²) in [6.07, 6.45) is 0. The molecule has 0 bridgehead atoms. The highest BCUT2D eigenvalue weighted by molar-refractivity contribution is 5.48. The van der Waals surface area contributed by atoms with Crippen LogP contribution in [0.3, 0.4) is 0 Å². The zero-order chi connectivity index (χ0) is 13.5. The van der Waals surface area contributed by atoms with Gasteiger partial charge in [-0.05, 0) is 26.0 Å². The third-order valence-electron chi connectivity index (χ3n) is 3.55. The number of hydrogen-bond donors (Lipinski definition) is 1. The highest BCUT2D eigenvalue weighted by Crippen LogP contribution is 2.31. The van der Waals surface area contributed by atoms with Crippen LogP contribution in [0.15, 0.2) is 22.7 Å². The van der Waals surface area contributed by atoms with Crippen molar-refractivity contribution in [3.05, 3.63) is 29.8 Å². The molecule has 1 saturated heterocycles. The molecule has 19 heavy (non-hydrogen) atoms. The zero-order valence-electron chi connectivity index (χ0n) is 11.0. The van der Waals surface area contributed by atoms with Crippen LogP contribution in [-0.2, 0) is 10.2 Å². The fourth-order valence-electron chi connectivity index (χ4n) is 2.14. The molecular formula is C13H16N4O2. The number of rotatable bonds is 2. The minimum Gasteiger partial charge on any atom is -0.379 e. The number of pyridine rings is 1. The molecule has 2 atom stereocenters. The summed E-state index contributed by atoms with van der Waals surface area (Å²) in [6, 6.07) is 5.56. The molecule has 6 nitrogen and oxygen atoms in total. The van der Waals surface area contributed by atoms with Crippen molar-refractivity contribution in [3.8, 4) is 11.5 Å². The molecule has 0 aliphatic carbocycles. The van der Waals surface area contributed by atoms with Gasteiger partial charge in [0.1, 0.15) is 5.69 Å². The van der Waals surface area contributed by atoms with Crippen LogP contribution in [0.5, 0.6) is 0 Å². The van der Waals surface area contributed by atoms with Gasteiger partial charge in [-0.25, -0.2) is 4.98 Å². The molecule has 2 N–H and O–H groups in total. The van der Waals surface area contributed by atoms with Crippen molar-refractivity contribution in [1.29, 1.82) is 0 Å². The second-order valence-corrected chi connectivity index (χ2v) is 5.13. The molecule has 2 aromatic heterocycles. The summed E-state index contributed by atoms with van der Waals surface area (Å²) in [7, 11) is 0. The van der Waals surface area contributed by atoms with Crippen molar-refractivity contribution in [2.24, 2.45) is 5.73 Å². The molecule has 3 heterocycles. The molecule has 100 valence electrons. The lowest BCUT2D eigenvalue weighted by molar-refractivity contribution is 0.169. The van der Waals surface area contributed by atoms with Crippen LogP contribution in [-0.4, -0.2) is 34.4 Å². The zero-order valence-corrected chi connectivity index (χ0v) is 11.0. The maximum atomic E-state index is 6.05. The van der Waals surface area contributed by atoms with Gasteiger partial charge in [-0.2, -0.15) is 4.98 Å². The van der Waals surface area contributed by atoms with Gasteiger partial charge in [-0.3, -0.25) is 0 Å². The van der Waals surface area contributed by atoms with E-state index in [9.17, 15) is 0 Å². The molecule has 0 radical (unpaired) electrons. The van der Waals surface area contributed by atoms with E-state index in [1.807, 2.05) is 32.0 Å². The summed E-state index contributed by atoms with van der Waals surface area (Å²) in [4.78, 5) is 8.80. The molecule has 3 rings (SSSR count). The number of aromatic nitrogens is 3. The normalized spacial score (nSPS) is 26.8. The maximum Gasteiger partial charge on any atom is 0.236 e. The van der Waals surface area contributed by atoms with Gasteiger partial charge in [0.15, 0.2) is 0 Å². The first-order chi connectivity index (χ1) is 9.09. The number of nitrogens with zero attached hydrogens (tertiary/aromatic N) is 3. The van der Waals surface area contributed by atoms with E-state index in [4.69, 9.17) is 15.0 Å². The molecule has 1 aliphatic heterocycles. The van der Waals surface area contributed by atoms with Crippen molar-refractivity contribution >= 4 is 0 Å². The Hall–Kier alpha value is -1.79. The van der Waals surface area contributed by atoms with Gasteiger partial charge in [-0.1, -0.05) is 11.2 Å². The van der Waals surface area contributed by atoms with Crippen molar-refractivity contribution in [2.45, 2.75) is 25.3 Å². The van der Waals surface area contributed by atoms with Crippen LogP contribution in [0.1, 0.15) is 18.5 Å². The van der Waals surface area contributed by atoms with Crippen molar-refractivity contribution in [2.75, 3.05) is 13.2 Å². The summed E-state index contributed by atoms with van der Waals surface area (Å²) >= 11 is 0. The van der Waals surface area contributed by atoms with Crippen LogP contribution >= 0.6 is 0 Å². The van der Waals surface area contributed by atoms with Crippen molar-refractivity contribution in [1.82, 2.24) is 15.1 Å². The van der Waals surface area contributed by atoms with Gasteiger partial charge in [0.05, 0.1) is 18.6 Å². The van der Waals surface area contributed by atoms with Crippen LogP contribution in [0.2, 0.25) is 0 Å². The average molecular weight is 260 g/mol. The van der Waals surface area contributed by atoms with Gasteiger partial charge in [-0.15, -0.1) is 0 Å². The quantitative estimate of drug-likeness (QED) is 0.868. The van der Waals surface area contributed by atoms with E-state index in [1.54, 1.807) is 0 Å². The molecule has 0 amide bonds. The first kappa shape index (κ1) is 12.3. The first-order valence-corrected chi connectivity index (χ1v) is 6.21. The standard InChI is InChI=1S/C13H16N4O2/c1-8-4-3-5-9(15-8)11-16-12(19-17-11)13(2)7-18-6-10(13)14/h3-5,10H,6-7,14H2,1-2H3. The Balaban J connectivity index is 1.96. The van der Waals surface area contributed by atoms with E-state index < -0.39 is 5.41 Å². The first-order valence-electron chi connectivity index (χ1n) is 6.21. The Kier molecular flexibility index (Phi) is 2.83. The van der Waals surface area contributed by atoms with Crippen molar-refractivity contribution < 1.29 is 9.26 Å². The topological polar surface area (TPSA) is 87.1 Å². The number of aryl methyl sites for hydroxylation is 1. The summed E-state index contributed by atoms with van der Waals surface area (Å²) < 4.78 is 10.7. The van der Waals surface area contributed by atoms with Gasteiger partial charge in [0, 0.05) is 11.7 Å². The molecular weight excluding hydrogens is 244 g/mol. The third kappa shape index (κ3) is 2.02. The monoisotopic (exact) mass is 260 g/mol. The molecule has 1 fully saturated rings. The van der Waals surface area contributed by atoms with E-state index in [0.717, 1.165) is 5.69 Å². The number of ether oxygens (including phenoxy) is 1. The summed E-state index contributed by atoms with van der Waals surface area (Å²) in [5, 5.41) is 3.99. The minimum atomic E-state index is -0.422. The van der Waals surface area contributed by atoms with E-state index >= 15 is 0 Å². The fourth-order valence-corrected chi connectivity index (χ4v) is 2.14. The number of hydrogen-bond acceptors (Lipinski definition) is 6. The van der Waals surface area contributed by atoms with E-state index in [1.165, 1.54) is 0 Å². The van der Waals surface area contributed by atoms with E-state index in [-0.39, 0.29) is 6.04 Å². The summed E-state index contributed by atoms with van der Waals surface area (Å²) in [5.74, 6) is 0.995. The van der Waals surface area contributed by atoms with Crippen LogP contribution in [0.25, 0.3) is 11.5 Å². The van der Waals surface area contributed by atoms with Gasteiger partial charge in [0.2, 0.25) is 11.7 Å². The highest BCUT2D eigenvalue weighted by Gasteiger charge is 2.44. The molecule has 2 aromatic rings. The van der Waals surface area contributed by atoms with Crippen LogP contribution in [0.4, 0.5) is 0 Å². The number of nitrogens with two attached hydrogens (primary N) is 1. The Morgan fingerprint density at radius 1 is 1.37 bits per heavy atom. The predicted octanol–water partition coefficient (Wildman–Crippen LogP) is 1.06. The van der Waals surface area contributed by atoms with Gasteiger partial charge < -0.3 is 15.0 Å². The molecule has 0 saturated carbocycles. The lowest BCUT2D eigenvalue weighted by atomic mass is 9.86. The second kappa shape index (κ2) is 4.40. The summed E-state index contributed by atoms with van der Waals surface area (Å²) in [6.45, 7) is 4.91. The summed E-state index contributed by atoms with van der Waals surface area (Å²) in [5.41, 5.74) is 7.24. The average Bonchev–Trinajstić information content (AvgIpc) is 2.99. The highest BCUT2D eigenvalue weighted by atomic mass is 16.5. The predicted molar refractivity (Wildman–Crippen MR) is 68.4 cm³/mol.